The summed E-state index contributed by atoms with van der Waals surface area (Å²) in [6, 6.07) is 0. The molecule has 1 aliphatic heterocycles. The van der Waals surface area contributed by atoms with E-state index in [0.29, 0.717) is 12.5 Å². The zero-order valence-corrected chi connectivity index (χ0v) is 11.6. The van der Waals surface area contributed by atoms with Crippen LogP contribution >= 0.6 is 0 Å². The smallest absolute Gasteiger partial charge is 0.240 e. The SMILES string of the molecule is CC(C)CNC(=O)CN1C(=O)[C@H]2CCCC[C@@H]2C1=O. The number of likely N-dealkylation sites (tertiary alicyclic amines) is 1. The molecular formula is C14H22N2O3. The van der Waals surface area contributed by atoms with E-state index in [0.717, 1.165) is 30.6 Å². The summed E-state index contributed by atoms with van der Waals surface area (Å²) < 4.78 is 0. The molecule has 0 aromatic heterocycles. The number of hydrogen-bond donors (Lipinski definition) is 1. The molecule has 0 unspecified atom stereocenters. The third-order valence-electron chi connectivity index (χ3n) is 3.94. The van der Waals surface area contributed by atoms with E-state index in [9.17, 15) is 14.4 Å². The van der Waals surface area contributed by atoms with Gasteiger partial charge in [-0.1, -0.05) is 26.7 Å². The Morgan fingerprint density at radius 3 is 2.21 bits per heavy atom. The van der Waals surface area contributed by atoms with E-state index >= 15 is 0 Å². The Balaban J connectivity index is 1.95. The molecule has 5 nitrogen and oxygen atoms in total. The van der Waals surface area contributed by atoms with Crippen molar-refractivity contribution in [3.63, 3.8) is 0 Å². The minimum Gasteiger partial charge on any atom is -0.354 e. The average molecular weight is 266 g/mol. The third kappa shape index (κ3) is 2.96. The fraction of sp³-hybridized carbons (Fsp3) is 0.786. The number of imide groups is 1. The molecule has 106 valence electrons. The molecule has 5 heteroatoms. The van der Waals surface area contributed by atoms with Crippen LogP contribution in [0, 0.1) is 17.8 Å². The molecule has 0 radical (unpaired) electrons. The summed E-state index contributed by atoms with van der Waals surface area (Å²) in [6.45, 7) is 4.46. The van der Waals surface area contributed by atoms with Gasteiger partial charge in [-0.15, -0.1) is 0 Å². The second kappa shape index (κ2) is 5.72. The Morgan fingerprint density at radius 1 is 1.21 bits per heavy atom. The van der Waals surface area contributed by atoms with Crippen molar-refractivity contribution in [1.29, 1.82) is 0 Å². The number of nitrogens with zero attached hydrogens (tertiary/aromatic N) is 1. The molecule has 1 N–H and O–H groups in total. The first-order valence-corrected chi connectivity index (χ1v) is 7.12. The molecule has 0 spiro atoms. The van der Waals surface area contributed by atoms with Crippen molar-refractivity contribution in [2.45, 2.75) is 39.5 Å². The molecule has 2 atom stereocenters. The quantitative estimate of drug-likeness (QED) is 0.770. The first-order valence-electron chi connectivity index (χ1n) is 7.12. The van der Waals surface area contributed by atoms with Crippen molar-refractivity contribution in [1.82, 2.24) is 10.2 Å². The first-order chi connectivity index (χ1) is 9.00. The Morgan fingerprint density at radius 2 is 1.74 bits per heavy atom. The molecule has 1 saturated carbocycles. The third-order valence-corrected chi connectivity index (χ3v) is 3.94. The van der Waals surface area contributed by atoms with Crippen LogP contribution in [0.2, 0.25) is 0 Å². The number of nitrogens with one attached hydrogen (secondary N) is 1. The van der Waals surface area contributed by atoms with Crippen LogP contribution in [0.3, 0.4) is 0 Å². The number of hydrogen-bond acceptors (Lipinski definition) is 3. The summed E-state index contributed by atoms with van der Waals surface area (Å²) in [5.41, 5.74) is 0. The predicted molar refractivity (Wildman–Crippen MR) is 70.0 cm³/mol. The summed E-state index contributed by atoms with van der Waals surface area (Å²) in [4.78, 5) is 37.2. The Labute approximate surface area is 113 Å². The fourth-order valence-electron chi connectivity index (χ4n) is 2.90. The molecule has 2 rings (SSSR count). The van der Waals surface area contributed by atoms with Crippen molar-refractivity contribution in [2.75, 3.05) is 13.1 Å². The van der Waals surface area contributed by atoms with Gasteiger partial charge in [0.1, 0.15) is 6.54 Å². The summed E-state index contributed by atoms with van der Waals surface area (Å²) >= 11 is 0. The molecule has 2 fully saturated rings. The molecule has 19 heavy (non-hydrogen) atoms. The lowest BCUT2D eigenvalue weighted by Gasteiger charge is -2.19. The summed E-state index contributed by atoms with van der Waals surface area (Å²) in [5, 5.41) is 2.75. The van der Waals surface area contributed by atoms with E-state index in [2.05, 4.69) is 5.32 Å². The second-order valence-electron chi connectivity index (χ2n) is 5.96. The average Bonchev–Trinajstić information content (AvgIpc) is 2.62. The Hall–Kier alpha value is -1.39. The lowest BCUT2D eigenvalue weighted by Crippen LogP contribution is -2.41. The predicted octanol–water partition coefficient (Wildman–Crippen LogP) is 0.934. The van der Waals surface area contributed by atoms with Crippen LogP contribution in [0.15, 0.2) is 0 Å². The van der Waals surface area contributed by atoms with E-state index in [-0.39, 0.29) is 36.1 Å². The van der Waals surface area contributed by atoms with Crippen molar-refractivity contribution >= 4 is 17.7 Å². The van der Waals surface area contributed by atoms with Gasteiger partial charge in [0.2, 0.25) is 17.7 Å². The highest BCUT2D eigenvalue weighted by Crippen LogP contribution is 2.37. The van der Waals surface area contributed by atoms with Crippen LogP contribution in [0.4, 0.5) is 0 Å². The van der Waals surface area contributed by atoms with Gasteiger partial charge < -0.3 is 5.32 Å². The van der Waals surface area contributed by atoms with Gasteiger partial charge in [-0.25, -0.2) is 0 Å². The zero-order valence-electron chi connectivity index (χ0n) is 11.6. The van der Waals surface area contributed by atoms with E-state index in [1.807, 2.05) is 13.8 Å². The second-order valence-corrected chi connectivity index (χ2v) is 5.96. The van der Waals surface area contributed by atoms with E-state index in [4.69, 9.17) is 0 Å². The molecule has 1 aliphatic carbocycles. The van der Waals surface area contributed by atoms with Gasteiger partial charge in [-0.05, 0) is 18.8 Å². The lowest BCUT2D eigenvalue weighted by atomic mass is 9.81. The zero-order chi connectivity index (χ0) is 14.0. The van der Waals surface area contributed by atoms with Gasteiger partial charge in [0, 0.05) is 6.54 Å². The maximum atomic E-state index is 12.1. The van der Waals surface area contributed by atoms with E-state index in [1.165, 1.54) is 0 Å². The number of amides is 3. The standard InChI is InChI=1S/C14H22N2O3/c1-9(2)7-15-12(17)8-16-13(18)10-5-3-4-6-11(10)14(16)19/h9-11H,3-8H2,1-2H3,(H,15,17)/t10-,11-/m0/s1. The van der Waals surface area contributed by atoms with Crippen molar-refractivity contribution in [3.05, 3.63) is 0 Å². The largest absolute Gasteiger partial charge is 0.354 e. The normalized spacial score (nSPS) is 26.8. The monoisotopic (exact) mass is 266 g/mol. The first kappa shape index (κ1) is 14.0. The minimum atomic E-state index is -0.242. The van der Waals surface area contributed by atoms with Gasteiger partial charge in [0.15, 0.2) is 0 Å². The van der Waals surface area contributed by atoms with Crippen LogP contribution in [-0.2, 0) is 14.4 Å². The summed E-state index contributed by atoms with van der Waals surface area (Å²) in [7, 11) is 0. The van der Waals surface area contributed by atoms with Crippen molar-refractivity contribution in [3.8, 4) is 0 Å². The molecule has 3 amide bonds. The van der Waals surface area contributed by atoms with Gasteiger partial charge in [-0.3, -0.25) is 19.3 Å². The van der Waals surface area contributed by atoms with Gasteiger partial charge >= 0.3 is 0 Å². The maximum absolute atomic E-state index is 12.1. The number of carbonyl (C=O) groups is 3. The molecule has 1 heterocycles. The van der Waals surface area contributed by atoms with Crippen LogP contribution in [-0.4, -0.2) is 35.7 Å². The van der Waals surface area contributed by atoms with Gasteiger partial charge in [0.25, 0.3) is 0 Å². The van der Waals surface area contributed by atoms with Crippen LogP contribution < -0.4 is 5.32 Å². The molecule has 2 aliphatic rings. The molecular weight excluding hydrogens is 244 g/mol. The van der Waals surface area contributed by atoms with Gasteiger partial charge in [-0.2, -0.15) is 0 Å². The maximum Gasteiger partial charge on any atom is 0.240 e. The van der Waals surface area contributed by atoms with E-state index in [1.54, 1.807) is 0 Å². The fourth-order valence-corrected chi connectivity index (χ4v) is 2.90. The number of fused-ring (bicyclic) bond motifs is 1. The topological polar surface area (TPSA) is 66.5 Å². The Kier molecular flexibility index (Phi) is 4.22. The summed E-state index contributed by atoms with van der Waals surface area (Å²) in [5.74, 6) is -0.507. The van der Waals surface area contributed by atoms with Crippen molar-refractivity contribution in [2.24, 2.45) is 17.8 Å². The summed E-state index contributed by atoms with van der Waals surface area (Å²) in [6.07, 6.45) is 3.60. The molecule has 1 saturated heterocycles. The Bertz CT molecular complexity index is 368. The number of rotatable bonds is 4. The molecule has 0 aromatic carbocycles. The highest BCUT2D eigenvalue weighted by molar-refractivity contribution is 6.07. The van der Waals surface area contributed by atoms with Crippen molar-refractivity contribution < 1.29 is 14.4 Å². The molecule has 0 bridgehead atoms. The minimum absolute atomic E-state index is 0.114. The van der Waals surface area contributed by atoms with Crippen LogP contribution in [0.5, 0.6) is 0 Å². The van der Waals surface area contributed by atoms with Crippen LogP contribution in [0.1, 0.15) is 39.5 Å². The molecule has 0 aromatic rings. The van der Waals surface area contributed by atoms with Crippen LogP contribution in [0.25, 0.3) is 0 Å². The van der Waals surface area contributed by atoms with Gasteiger partial charge in [0.05, 0.1) is 11.8 Å². The number of carbonyl (C=O) groups excluding carboxylic acids is 3. The lowest BCUT2D eigenvalue weighted by molar-refractivity contribution is -0.143. The highest BCUT2D eigenvalue weighted by atomic mass is 16.2. The van der Waals surface area contributed by atoms with E-state index < -0.39 is 0 Å². The highest BCUT2D eigenvalue weighted by Gasteiger charge is 2.48.